The first-order valence-electron chi connectivity index (χ1n) is 3.58. The Balaban J connectivity index is 4.50. The van der Waals surface area contributed by atoms with Crippen LogP contribution in [0.15, 0.2) is 36.0 Å². The van der Waals surface area contributed by atoms with E-state index in [1.54, 1.807) is 6.08 Å². The molecule has 1 heteroatoms. The monoisotopic (exact) mass is 147 g/mol. The van der Waals surface area contributed by atoms with Crippen molar-refractivity contribution in [1.29, 1.82) is 5.26 Å². The molecule has 0 spiro atoms. The average Bonchev–Trinajstić information content (AvgIpc) is 2.03. The first kappa shape index (κ1) is 9.71. The summed E-state index contributed by atoms with van der Waals surface area (Å²) in [6.07, 6.45) is 6.03. The van der Waals surface area contributed by atoms with Gasteiger partial charge in [0, 0.05) is 0 Å². The summed E-state index contributed by atoms with van der Waals surface area (Å²) in [7, 11) is 0. The van der Waals surface area contributed by atoms with Crippen LogP contribution in [-0.4, -0.2) is 0 Å². The molecule has 0 aliphatic carbocycles. The Hall–Kier alpha value is -1.29. The summed E-state index contributed by atoms with van der Waals surface area (Å²) in [6.45, 7) is 7.54. The molecule has 0 radical (unpaired) electrons. The number of nitrogens with zero attached hydrogens (tertiary/aromatic N) is 1. The molecule has 0 fully saturated rings. The first-order chi connectivity index (χ1) is 5.26. The smallest absolute Gasteiger partial charge is 0.0669 e. The summed E-state index contributed by atoms with van der Waals surface area (Å²) in [5, 5.41) is 8.46. The molecular formula is C10H13N. The number of hydrogen-bond donors (Lipinski definition) is 0. The van der Waals surface area contributed by atoms with Crippen molar-refractivity contribution in [1.82, 2.24) is 0 Å². The Morgan fingerprint density at radius 1 is 1.64 bits per heavy atom. The van der Waals surface area contributed by atoms with Crippen LogP contribution >= 0.6 is 0 Å². The second-order valence-corrected chi connectivity index (χ2v) is 2.23. The molecule has 0 unspecified atom stereocenters. The van der Waals surface area contributed by atoms with E-state index in [-0.39, 0.29) is 0 Å². The van der Waals surface area contributed by atoms with E-state index in [0.29, 0.717) is 6.42 Å². The third-order valence-electron chi connectivity index (χ3n) is 1.53. The molecule has 1 nitrogen and oxygen atoms in total. The molecule has 0 rings (SSSR count). The fourth-order valence-corrected chi connectivity index (χ4v) is 0.743. The van der Waals surface area contributed by atoms with Gasteiger partial charge in [-0.15, -0.1) is 0 Å². The minimum absolute atomic E-state index is 0.461. The minimum Gasteiger partial charge on any atom is -0.198 e. The van der Waals surface area contributed by atoms with E-state index in [1.807, 2.05) is 26.0 Å². The lowest BCUT2D eigenvalue weighted by Gasteiger charge is -1.99. The van der Waals surface area contributed by atoms with Crippen LogP contribution in [0.4, 0.5) is 0 Å². The van der Waals surface area contributed by atoms with Crippen LogP contribution in [0.5, 0.6) is 0 Å². The summed E-state index contributed by atoms with van der Waals surface area (Å²) in [5.41, 5.74) is 2.19. The quantitative estimate of drug-likeness (QED) is 0.563. The molecular weight excluding hydrogens is 134 g/mol. The molecule has 0 amide bonds. The van der Waals surface area contributed by atoms with Gasteiger partial charge in [0.2, 0.25) is 0 Å². The fraction of sp³-hybridized carbons (Fsp3) is 0.300. The molecule has 0 saturated heterocycles. The van der Waals surface area contributed by atoms with Crippen molar-refractivity contribution in [3.63, 3.8) is 0 Å². The normalized spacial score (nSPS) is 12.5. The third-order valence-corrected chi connectivity index (χ3v) is 1.53. The summed E-state index contributed by atoms with van der Waals surface area (Å²) in [6, 6.07) is 2.11. The van der Waals surface area contributed by atoms with Gasteiger partial charge in [-0.1, -0.05) is 30.4 Å². The Morgan fingerprint density at radius 3 is 2.64 bits per heavy atom. The zero-order valence-corrected chi connectivity index (χ0v) is 7.09. The molecule has 0 atom stereocenters. The molecule has 0 aliphatic rings. The van der Waals surface area contributed by atoms with Crippen molar-refractivity contribution in [3.05, 3.63) is 36.0 Å². The summed E-state index contributed by atoms with van der Waals surface area (Å²) >= 11 is 0. The van der Waals surface area contributed by atoms with E-state index in [1.165, 1.54) is 0 Å². The number of nitriles is 1. The topological polar surface area (TPSA) is 23.8 Å². The average molecular weight is 147 g/mol. The Labute approximate surface area is 68.3 Å². The lowest BCUT2D eigenvalue weighted by molar-refractivity contribution is 1.20. The zero-order chi connectivity index (χ0) is 8.69. The highest BCUT2D eigenvalue weighted by atomic mass is 14.2. The zero-order valence-electron chi connectivity index (χ0n) is 7.09. The molecule has 0 aromatic heterocycles. The predicted octanol–water partition coefficient (Wildman–Crippen LogP) is 2.98. The second-order valence-electron chi connectivity index (χ2n) is 2.23. The van der Waals surface area contributed by atoms with Crippen LogP contribution in [-0.2, 0) is 0 Å². The maximum absolute atomic E-state index is 8.46. The highest BCUT2D eigenvalue weighted by molar-refractivity contribution is 5.33. The second kappa shape index (κ2) is 5.49. The van der Waals surface area contributed by atoms with Gasteiger partial charge in [0.05, 0.1) is 12.5 Å². The van der Waals surface area contributed by atoms with Crippen molar-refractivity contribution < 1.29 is 0 Å². The summed E-state index contributed by atoms with van der Waals surface area (Å²) in [5.74, 6) is 0. The largest absolute Gasteiger partial charge is 0.198 e. The lowest BCUT2D eigenvalue weighted by atomic mass is 10.0. The Morgan fingerprint density at radius 2 is 2.27 bits per heavy atom. The van der Waals surface area contributed by atoms with Crippen molar-refractivity contribution in [2.75, 3.05) is 0 Å². The molecule has 58 valence electrons. The molecule has 0 N–H and O–H groups in total. The van der Waals surface area contributed by atoms with Gasteiger partial charge in [0.25, 0.3) is 0 Å². The minimum atomic E-state index is 0.461. The number of hydrogen-bond acceptors (Lipinski definition) is 1. The maximum Gasteiger partial charge on any atom is 0.0669 e. The van der Waals surface area contributed by atoms with Crippen molar-refractivity contribution in [2.24, 2.45) is 0 Å². The van der Waals surface area contributed by atoms with Gasteiger partial charge in [-0.3, -0.25) is 0 Å². The molecule has 0 aliphatic heterocycles. The van der Waals surface area contributed by atoms with Crippen molar-refractivity contribution in [2.45, 2.75) is 20.3 Å². The van der Waals surface area contributed by atoms with Crippen LogP contribution in [0.2, 0.25) is 0 Å². The fourth-order valence-electron chi connectivity index (χ4n) is 0.743. The highest BCUT2D eigenvalue weighted by Gasteiger charge is 1.95. The van der Waals surface area contributed by atoms with E-state index in [4.69, 9.17) is 5.26 Å². The van der Waals surface area contributed by atoms with Crippen LogP contribution in [0.3, 0.4) is 0 Å². The number of allylic oxidation sites excluding steroid dienone is 5. The molecule has 0 aromatic carbocycles. The third kappa shape index (κ3) is 3.42. The van der Waals surface area contributed by atoms with E-state index in [0.717, 1.165) is 11.1 Å². The van der Waals surface area contributed by atoms with Gasteiger partial charge in [0.15, 0.2) is 0 Å². The van der Waals surface area contributed by atoms with E-state index < -0.39 is 0 Å². The Kier molecular flexibility index (Phi) is 4.85. The van der Waals surface area contributed by atoms with Gasteiger partial charge in [0.1, 0.15) is 0 Å². The predicted molar refractivity (Wildman–Crippen MR) is 47.9 cm³/mol. The van der Waals surface area contributed by atoms with Gasteiger partial charge in [-0.25, -0.2) is 0 Å². The van der Waals surface area contributed by atoms with Crippen molar-refractivity contribution in [3.8, 4) is 6.07 Å². The van der Waals surface area contributed by atoms with Gasteiger partial charge >= 0.3 is 0 Å². The SMILES string of the molecule is C=C/C=C(CC#N)\C(C)=C/C. The van der Waals surface area contributed by atoms with Crippen LogP contribution in [0.25, 0.3) is 0 Å². The van der Waals surface area contributed by atoms with E-state index in [9.17, 15) is 0 Å². The standard InChI is InChI=1S/C10H13N/c1-4-6-10(7-8-11)9(3)5-2/h4-6H,1,7H2,2-3H3/b9-5-,10-6-. The summed E-state index contributed by atoms with van der Waals surface area (Å²) < 4.78 is 0. The molecule has 0 aromatic rings. The van der Waals surface area contributed by atoms with Gasteiger partial charge in [-0.05, 0) is 19.4 Å². The number of rotatable bonds is 3. The van der Waals surface area contributed by atoms with Crippen molar-refractivity contribution >= 4 is 0 Å². The molecule has 0 bridgehead atoms. The van der Waals surface area contributed by atoms with E-state index >= 15 is 0 Å². The van der Waals surface area contributed by atoms with E-state index in [2.05, 4.69) is 12.6 Å². The van der Waals surface area contributed by atoms with Crippen LogP contribution in [0.1, 0.15) is 20.3 Å². The van der Waals surface area contributed by atoms with Gasteiger partial charge in [-0.2, -0.15) is 5.26 Å². The summed E-state index contributed by atoms with van der Waals surface area (Å²) in [4.78, 5) is 0. The molecule has 0 saturated carbocycles. The molecule has 11 heavy (non-hydrogen) atoms. The van der Waals surface area contributed by atoms with Crippen LogP contribution in [0, 0.1) is 11.3 Å². The lowest BCUT2D eigenvalue weighted by Crippen LogP contribution is -1.82. The maximum atomic E-state index is 8.46. The van der Waals surface area contributed by atoms with Gasteiger partial charge < -0.3 is 0 Å². The van der Waals surface area contributed by atoms with Crippen LogP contribution < -0.4 is 0 Å². The first-order valence-corrected chi connectivity index (χ1v) is 3.58. The Bertz CT molecular complexity index is 226. The molecule has 0 heterocycles. The highest BCUT2D eigenvalue weighted by Crippen LogP contribution is 2.12.